The number of rotatable bonds is 4. The van der Waals surface area contributed by atoms with E-state index < -0.39 is 0 Å². The number of carbonyl (C=O) groups is 1. The van der Waals surface area contributed by atoms with E-state index in [4.69, 9.17) is 21.1 Å². The zero-order valence-electron chi connectivity index (χ0n) is 11.1. The van der Waals surface area contributed by atoms with Crippen LogP contribution in [0.25, 0.3) is 0 Å². The van der Waals surface area contributed by atoms with Crippen molar-refractivity contribution in [2.75, 3.05) is 0 Å². The molecule has 0 bridgehead atoms. The Morgan fingerprint density at radius 3 is 2.33 bits per heavy atom. The van der Waals surface area contributed by atoms with E-state index in [2.05, 4.69) is 0 Å². The number of benzene rings is 2. The highest BCUT2D eigenvalue weighted by Gasteiger charge is 2.60. The van der Waals surface area contributed by atoms with Crippen LogP contribution in [0.15, 0.2) is 54.6 Å². The molecule has 2 saturated heterocycles. The molecule has 4 atom stereocenters. The summed E-state index contributed by atoms with van der Waals surface area (Å²) >= 11 is 5.83. The van der Waals surface area contributed by atoms with Crippen LogP contribution in [-0.2, 0) is 9.47 Å². The summed E-state index contributed by atoms with van der Waals surface area (Å²) in [6.07, 6.45) is -0.462. The molecule has 0 aliphatic carbocycles. The molecule has 0 N–H and O–H groups in total. The van der Waals surface area contributed by atoms with Gasteiger partial charge in [-0.25, -0.2) is 0 Å². The average Bonchev–Trinajstić information content (AvgIpc) is 3.40. The van der Waals surface area contributed by atoms with Gasteiger partial charge < -0.3 is 9.47 Å². The van der Waals surface area contributed by atoms with Crippen molar-refractivity contribution >= 4 is 17.4 Å². The Kier molecular flexibility index (Phi) is 3.07. The molecule has 3 nitrogen and oxygen atoms in total. The summed E-state index contributed by atoms with van der Waals surface area (Å²) in [7, 11) is 0. The maximum absolute atomic E-state index is 12.3. The molecule has 2 aliphatic heterocycles. The molecule has 4 heteroatoms. The largest absolute Gasteiger partial charge is 0.362 e. The van der Waals surface area contributed by atoms with Crippen molar-refractivity contribution in [3.8, 4) is 0 Å². The number of carbonyl (C=O) groups excluding carboxylic acids is 1. The summed E-state index contributed by atoms with van der Waals surface area (Å²) in [4.78, 5) is 12.3. The molecule has 0 spiro atoms. The van der Waals surface area contributed by atoms with Crippen molar-refractivity contribution < 1.29 is 14.3 Å². The Balaban J connectivity index is 1.41. The van der Waals surface area contributed by atoms with E-state index in [1.165, 1.54) is 0 Å². The van der Waals surface area contributed by atoms with E-state index in [0.717, 1.165) is 5.56 Å². The van der Waals surface area contributed by atoms with E-state index in [9.17, 15) is 4.79 Å². The Bertz CT molecular complexity index is 668. The Hall–Kier alpha value is -1.68. The van der Waals surface area contributed by atoms with Crippen LogP contribution in [0, 0.1) is 0 Å². The fourth-order valence-corrected chi connectivity index (χ4v) is 2.77. The molecular formula is C17H13ClO3. The van der Waals surface area contributed by atoms with Gasteiger partial charge in [-0.05, 0) is 29.8 Å². The van der Waals surface area contributed by atoms with Gasteiger partial charge in [0, 0.05) is 10.6 Å². The Labute approximate surface area is 127 Å². The average molecular weight is 301 g/mol. The number of ether oxygens (including phenoxy) is 2. The molecule has 106 valence electrons. The highest BCUT2D eigenvalue weighted by molar-refractivity contribution is 6.30. The van der Waals surface area contributed by atoms with Crippen LogP contribution in [0.2, 0.25) is 5.02 Å². The van der Waals surface area contributed by atoms with E-state index in [1.807, 2.05) is 30.3 Å². The fraction of sp³-hybridized carbons (Fsp3) is 0.235. The fourth-order valence-electron chi connectivity index (χ4n) is 2.65. The molecule has 0 radical (unpaired) electrons. The van der Waals surface area contributed by atoms with Crippen LogP contribution in [-0.4, -0.2) is 24.1 Å². The number of halogens is 1. The molecule has 2 heterocycles. The maximum Gasteiger partial charge on any atom is 0.194 e. The molecule has 2 aromatic rings. The zero-order chi connectivity index (χ0) is 14.4. The van der Waals surface area contributed by atoms with Crippen molar-refractivity contribution in [2.45, 2.75) is 24.4 Å². The van der Waals surface area contributed by atoms with Gasteiger partial charge in [-0.2, -0.15) is 0 Å². The number of Topliss-reactive ketones (excluding diaryl/α,β-unsaturated/α-hetero) is 1. The topological polar surface area (TPSA) is 42.1 Å². The molecule has 21 heavy (non-hydrogen) atoms. The van der Waals surface area contributed by atoms with Crippen molar-refractivity contribution in [3.63, 3.8) is 0 Å². The van der Waals surface area contributed by atoms with Gasteiger partial charge in [-0.1, -0.05) is 41.9 Å². The van der Waals surface area contributed by atoms with Gasteiger partial charge in [0.15, 0.2) is 5.78 Å². The van der Waals surface area contributed by atoms with Crippen LogP contribution in [0.3, 0.4) is 0 Å². The van der Waals surface area contributed by atoms with E-state index >= 15 is 0 Å². The molecule has 2 fully saturated rings. The third-order valence-corrected chi connectivity index (χ3v) is 4.14. The van der Waals surface area contributed by atoms with Crippen LogP contribution in [0.4, 0.5) is 0 Å². The lowest BCUT2D eigenvalue weighted by molar-refractivity contribution is 0.0953. The lowest BCUT2D eigenvalue weighted by Crippen LogP contribution is -2.13. The predicted molar refractivity (Wildman–Crippen MR) is 78.5 cm³/mol. The van der Waals surface area contributed by atoms with Gasteiger partial charge in [0.25, 0.3) is 0 Å². The van der Waals surface area contributed by atoms with Crippen molar-refractivity contribution in [3.05, 3.63) is 70.7 Å². The third kappa shape index (κ3) is 2.48. The lowest BCUT2D eigenvalue weighted by Gasteiger charge is -1.97. The number of hydrogen-bond donors (Lipinski definition) is 0. The first kappa shape index (κ1) is 13.0. The molecule has 0 aromatic heterocycles. The summed E-state index contributed by atoms with van der Waals surface area (Å²) in [5, 5.41) is 0.620. The smallest absolute Gasteiger partial charge is 0.194 e. The van der Waals surface area contributed by atoms with E-state index in [0.29, 0.717) is 10.6 Å². The highest BCUT2D eigenvalue weighted by Crippen LogP contribution is 2.48. The molecular weight excluding hydrogens is 288 g/mol. The van der Waals surface area contributed by atoms with Gasteiger partial charge >= 0.3 is 0 Å². The molecule has 4 rings (SSSR count). The summed E-state index contributed by atoms with van der Waals surface area (Å²) in [6, 6.07) is 16.9. The monoisotopic (exact) mass is 300 g/mol. The van der Waals surface area contributed by atoms with Crippen molar-refractivity contribution in [1.29, 1.82) is 0 Å². The second kappa shape index (κ2) is 4.95. The maximum atomic E-state index is 12.3. The van der Waals surface area contributed by atoms with Crippen LogP contribution in [0.1, 0.15) is 22.0 Å². The summed E-state index contributed by atoms with van der Waals surface area (Å²) in [6.45, 7) is 0. The van der Waals surface area contributed by atoms with Gasteiger partial charge in [0.2, 0.25) is 0 Å². The first-order chi connectivity index (χ1) is 10.2. The Morgan fingerprint density at radius 1 is 0.905 bits per heavy atom. The minimum absolute atomic E-state index is 0.000946. The number of epoxide rings is 2. The standard InChI is InChI=1S/C17H13ClO3/c18-12-8-6-10(7-9-12)13(19)15-17(21-15)16-14(20-16)11-4-2-1-3-5-11/h1-9,14-17H/t14-,15+,16+,17-/m1/s1. The SMILES string of the molecule is O=C(c1ccc(Cl)cc1)[C@@H]1O[C@H]1[C@H]1O[C@@H]1c1ccccc1. The van der Waals surface area contributed by atoms with Gasteiger partial charge in [0.1, 0.15) is 24.4 Å². The third-order valence-electron chi connectivity index (χ3n) is 3.89. The van der Waals surface area contributed by atoms with Crippen molar-refractivity contribution in [2.24, 2.45) is 0 Å². The van der Waals surface area contributed by atoms with Gasteiger partial charge in [0.05, 0.1) is 0 Å². The molecule has 0 unspecified atom stereocenters. The second-order valence-electron chi connectivity index (χ2n) is 5.32. The first-order valence-corrected chi connectivity index (χ1v) is 7.27. The van der Waals surface area contributed by atoms with E-state index in [1.54, 1.807) is 24.3 Å². The van der Waals surface area contributed by atoms with E-state index in [-0.39, 0.29) is 30.2 Å². The number of ketones is 1. The Morgan fingerprint density at radius 2 is 1.62 bits per heavy atom. The van der Waals surface area contributed by atoms with Crippen LogP contribution in [0.5, 0.6) is 0 Å². The minimum Gasteiger partial charge on any atom is -0.362 e. The first-order valence-electron chi connectivity index (χ1n) is 6.90. The quantitative estimate of drug-likeness (QED) is 0.642. The van der Waals surface area contributed by atoms with Crippen LogP contribution >= 0.6 is 11.6 Å². The number of hydrogen-bond acceptors (Lipinski definition) is 3. The molecule has 0 saturated carbocycles. The van der Waals surface area contributed by atoms with Gasteiger partial charge in [-0.3, -0.25) is 4.79 Å². The summed E-state index contributed by atoms with van der Waals surface area (Å²) in [5.41, 5.74) is 1.76. The summed E-state index contributed by atoms with van der Waals surface area (Å²) < 4.78 is 11.2. The highest BCUT2D eigenvalue weighted by atomic mass is 35.5. The molecule has 2 aliphatic rings. The zero-order valence-corrected chi connectivity index (χ0v) is 11.9. The molecule has 2 aromatic carbocycles. The van der Waals surface area contributed by atoms with Gasteiger partial charge in [-0.15, -0.1) is 0 Å². The lowest BCUT2D eigenvalue weighted by atomic mass is 10.0. The predicted octanol–water partition coefficient (Wildman–Crippen LogP) is 3.43. The van der Waals surface area contributed by atoms with Crippen molar-refractivity contribution in [1.82, 2.24) is 0 Å². The molecule has 0 amide bonds. The normalized spacial score (nSPS) is 30.0. The van der Waals surface area contributed by atoms with Crippen LogP contribution < -0.4 is 0 Å². The minimum atomic E-state index is -0.384. The summed E-state index contributed by atoms with van der Waals surface area (Å²) in [5.74, 6) is -0.000946. The second-order valence-corrected chi connectivity index (χ2v) is 5.76.